The lowest BCUT2D eigenvalue weighted by atomic mass is 10.2. The maximum Gasteiger partial charge on any atom is 0.331 e. The molecule has 0 spiro atoms. The zero-order valence-electron chi connectivity index (χ0n) is 17.3. The van der Waals surface area contributed by atoms with E-state index in [0.717, 1.165) is 23.2 Å². The molecule has 0 radical (unpaired) electrons. The number of carbonyl (C=O) groups excluding carboxylic acids is 1. The van der Waals surface area contributed by atoms with Crippen LogP contribution in [0.4, 0.5) is 0 Å². The molecule has 0 aliphatic carbocycles. The van der Waals surface area contributed by atoms with Crippen LogP contribution in [0.25, 0.3) is 0 Å². The van der Waals surface area contributed by atoms with Crippen molar-refractivity contribution in [3.63, 3.8) is 0 Å². The zero-order valence-corrected chi connectivity index (χ0v) is 17.3. The van der Waals surface area contributed by atoms with Crippen molar-refractivity contribution in [1.82, 2.24) is 19.4 Å². The number of aromatic amines is 1. The molecule has 0 atom stereocenters. The highest BCUT2D eigenvalue weighted by Crippen LogP contribution is 2.13. The molecule has 2 N–H and O–H groups in total. The summed E-state index contributed by atoms with van der Waals surface area (Å²) in [6.07, 6.45) is 0. The number of benzene rings is 1. The lowest BCUT2D eigenvalue weighted by Crippen LogP contribution is -2.48. The summed E-state index contributed by atoms with van der Waals surface area (Å²) >= 11 is 0. The zero-order chi connectivity index (χ0) is 21.7. The molecule has 9 heteroatoms. The molecule has 160 valence electrons. The first-order valence-corrected chi connectivity index (χ1v) is 9.96. The SMILES string of the molecule is CC(=O)N1CCN(CCN=C(C)c2c(O)n(Cc3ccccc3)c(=O)[nH]c2=O)CC1. The van der Waals surface area contributed by atoms with Crippen LogP contribution in [0.3, 0.4) is 0 Å². The number of aromatic nitrogens is 2. The molecule has 1 aromatic carbocycles. The summed E-state index contributed by atoms with van der Waals surface area (Å²) in [7, 11) is 0. The van der Waals surface area contributed by atoms with Crippen LogP contribution < -0.4 is 11.2 Å². The maximum absolute atomic E-state index is 12.3. The Morgan fingerprint density at radius 2 is 1.77 bits per heavy atom. The van der Waals surface area contributed by atoms with E-state index in [-0.39, 0.29) is 23.9 Å². The first-order chi connectivity index (χ1) is 14.4. The highest BCUT2D eigenvalue weighted by Gasteiger charge is 2.19. The second kappa shape index (κ2) is 9.53. The third kappa shape index (κ3) is 5.04. The first-order valence-electron chi connectivity index (χ1n) is 9.96. The summed E-state index contributed by atoms with van der Waals surface area (Å²) < 4.78 is 1.13. The van der Waals surface area contributed by atoms with Gasteiger partial charge in [-0.25, -0.2) is 4.79 Å². The van der Waals surface area contributed by atoms with Crippen molar-refractivity contribution >= 4 is 11.6 Å². The number of piperazine rings is 1. The molecule has 1 aliphatic heterocycles. The van der Waals surface area contributed by atoms with E-state index in [4.69, 9.17) is 0 Å². The number of rotatable bonds is 6. The minimum absolute atomic E-state index is 0.00642. The van der Waals surface area contributed by atoms with Crippen molar-refractivity contribution < 1.29 is 9.90 Å². The quantitative estimate of drug-likeness (QED) is 0.660. The third-order valence-corrected chi connectivity index (χ3v) is 5.30. The van der Waals surface area contributed by atoms with Gasteiger partial charge in [-0.2, -0.15) is 0 Å². The van der Waals surface area contributed by atoms with Crippen LogP contribution in [0.2, 0.25) is 0 Å². The van der Waals surface area contributed by atoms with Gasteiger partial charge in [0.25, 0.3) is 5.56 Å². The van der Waals surface area contributed by atoms with Gasteiger partial charge < -0.3 is 10.0 Å². The van der Waals surface area contributed by atoms with Crippen LogP contribution in [0.15, 0.2) is 44.9 Å². The van der Waals surface area contributed by atoms with E-state index in [2.05, 4.69) is 14.9 Å². The van der Waals surface area contributed by atoms with E-state index in [1.807, 2.05) is 35.2 Å². The van der Waals surface area contributed by atoms with E-state index in [0.29, 0.717) is 31.9 Å². The van der Waals surface area contributed by atoms with E-state index >= 15 is 0 Å². The number of nitrogens with zero attached hydrogens (tertiary/aromatic N) is 4. The third-order valence-electron chi connectivity index (χ3n) is 5.30. The molecule has 1 aromatic heterocycles. The van der Waals surface area contributed by atoms with Gasteiger partial charge in [0.1, 0.15) is 5.56 Å². The van der Waals surface area contributed by atoms with Crippen LogP contribution in [0.1, 0.15) is 25.0 Å². The Hall–Kier alpha value is -3.20. The number of H-pyrrole nitrogens is 1. The monoisotopic (exact) mass is 413 g/mol. The smallest absolute Gasteiger partial charge is 0.331 e. The van der Waals surface area contributed by atoms with Crippen LogP contribution in [0.5, 0.6) is 5.88 Å². The Bertz CT molecular complexity index is 1030. The standard InChI is InChI=1S/C21H27N5O4/c1-15(22-8-9-24-10-12-25(13-11-24)16(2)27)18-19(28)23-21(30)26(20(18)29)14-17-6-4-3-5-7-17/h3-7,29H,8-14H2,1-2H3,(H,23,28,30). The van der Waals surface area contributed by atoms with Crippen molar-refractivity contribution in [2.75, 3.05) is 39.3 Å². The maximum atomic E-state index is 12.3. The predicted octanol–water partition coefficient (Wildman–Crippen LogP) is 0.264. The summed E-state index contributed by atoms with van der Waals surface area (Å²) in [4.78, 5) is 46.7. The molecule has 0 saturated carbocycles. The number of hydrogen-bond acceptors (Lipinski definition) is 6. The van der Waals surface area contributed by atoms with Crippen molar-refractivity contribution in [3.05, 3.63) is 62.3 Å². The van der Waals surface area contributed by atoms with Crippen molar-refractivity contribution in [3.8, 4) is 5.88 Å². The van der Waals surface area contributed by atoms with Gasteiger partial charge in [0, 0.05) is 45.4 Å². The molecule has 1 aliphatic rings. The molecule has 0 unspecified atom stereocenters. The summed E-state index contributed by atoms with van der Waals surface area (Å²) in [5, 5.41) is 10.6. The molecule has 30 heavy (non-hydrogen) atoms. The molecule has 1 fully saturated rings. The fourth-order valence-corrected chi connectivity index (χ4v) is 3.52. The lowest BCUT2D eigenvalue weighted by molar-refractivity contribution is -0.130. The van der Waals surface area contributed by atoms with Gasteiger partial charge in [-0.3, -0.25) is 29.0 Å². The number of nitrogens with one attached hydrogen (secondary N) is 1. The fourth-order valence-electron chi connectivity index (χ4n) is 3.52. The average Bonchev–Trinajstić information content (AvgIpc) is 2.72. The fraction of sp³-hybridized carbons (Fsp3) is 0.429. The van der Waals surface area contributed by atoms with Gasteiger partial charge in [0.15, 0.2) is 0 Å². The summed E-state index contributed by atoms with van der Waals surface area (Å²) in [6.45, 7) is 7.45. The molecule has 1 amide bonds. The Labute approximate surface area is 174 Å². The molecule has 9 nitrogen and oxygen atoms in total. The second-order valence-corrected chi connectivity index (χ2v) is 7.34. The number of amides is 1. The molecule has 1 saturated heterocycles. The lowest BCUT2D eigenvalue weighted by Gasteiger charge is -2.33. The Kier molecular flexibility index (Phi) is 6.83. The van der Waals surface area contributed by atoms with Gasteiger partial charge in [0.05, 0.1) is 13.1 Å². The van der Waals surface area contributed by atoms with Gasteiger partial charge in [-0.15, -0.1) is 0 Å². The van der Waals surface area contributed by atoms with Crippen molar-refractivity contribution in [1.29, 1.82) is 0 Å². The van der Waals surface area contributed by atoms with Gasteiger partial charge >= 0.3 is 5.69 Å². The number of hydrogen-bond donors (Lipinski definition) is 2. The predicted molar refractivity (Wildman–Crippen MR) is 114 cm³/mol. The molecule has 2 heterocycles. The normalized spacial score (nSPS) is 15.4. The van der Waals surface area contributed by atoms with Crippen LogP contribution >= 0.6 is 0 Å². The Balaban J connectivity index is 1.71. The van der Waals surface area contributed by atoms with Crippen molar-refractivity contribution in [2.45, 2.75) is 20.4 Å². The highest BCUT2D eigenvalue weighted by molar-refractivity contribution is 6.00. The molecular formula is C21H27N5O4. The van der Waals surface area contributed by atoms with Crippen LogP contribution in [-0.4, -0.2) is 75.3 Å². The highest BCUT2D eigenvalue weighted by atomic mass is 16.3. The summed E-state index contributed by atoms with van der Waals surface area (Å²) in [5.41, 5.74) is -0.114. The van der Waals surface area contributed by atoms with Crippen LogP contribution in [0, 0.1) is 0 Å². The Morgan fingerprint density at radius 1 is 1.10 bits per heavy atom. The first kappa shape index (κ1) is 21.5. The molecular weight excluding hydrogens is 386 g/mol. The van der Waals surface area contributed by atoms with Crippen molar-refractivity contribution in [2.24, 2.45) is 4.99 Å². The number of carbonyl (C=O) groups is 1. The van der Waals surface area contributed by atoms with Gasteiger partial charge in [-0.1, -0.05) is 30.3 Å². The molecule has 3 rings (SSSR count). The largest absolute Gasteiger partial charge is 0.494 e. The minimum Gasteiger partial charge on any atom is -0.494 e. The second-order valence-electron chi connectivity index (χ2n) is 7.34. The van der Waals surface area contributed by atoms with Gasteiger partial charge in [-0.05, 0) is 12.5 Å². The number of aromatic hydroxyl groups is 1. The summed E-state index contributed by atoms with van der Waals surface area (Å²) in [6, 6.07) is 9.22. The van der Waals surface area contributed by atoms with Crippen LogP contribution in [-0.2, 0) is 11.3 Å². The average molecular weight is 413 g/mol. The van der Waals surface area contributed by atoms with Gasteiger partial charge in [0.2, 0.25) is 11.8 Å². The number of aliphatic imine (C=N–C) groups is 1. The molecule has 0 bridgehead atoms. The Morgan fingerprint density at radius 3 is 2.40 bits per heavy atom. The topological polar surface area (TPSA) is 111 Å². The minimum atomic E-state index is -0.666. The van der Waals surface area contributed by atoms with E-state index in [9.17, 15) is 19.5 Å². The van der Waals surface area contributed by atoms with E-state index in [1.54, 1.807) is 13.8 Å². The molecule has 2 aromatic rings. The van der Waals surface area contributed by atoms with E-state index in [1.165, 1.54) is 0 Å². The summed E-state index contributed by atoms with van der Waals surface area (Å²) in [5.74, 6) is -0.298. The van der Waals surface area contributed by atoms with E-state index < -0.39 is 11.2 Å².